The molecular formula is C17H16N2O2. The van der Waals surface area contributed by atoms with Crippen molar-refractivity contribution in [2.24, 2.45) is 5.10 Å². The summed E-state index contributed by atoms with van der Waals surface area (Å²) in [6.45, 7) is 1.80. The second-order valence-corrected chi connectivity index (χ2v) is 4.49. The minimum Gasteiger partial charge on any atom is -0.508 e. The first-order valence-corrected chi connectivity index (χ1v) is 6.52. The van der Waals surface area contributed by atoms with Crippen LogP contribution in [0.3, 0.4) is 0 Å². The Kier molecular flexibility index (Phi) is 4.88. The molecule has 0 bridgehead atoms. The quantitative estimate of drug-likeness (QED) is 0.667. The van der Waals surface area contributed by atoms with Crippen molar-refractivity contribution >= 4 is 17.7 Å². The van der Waals surface area contributed by atoms with Gasteiger partial charge in [0.1, 0.15) is 5.75 Å². The second kappa shape index (κ2) is 7.05. The molecule has 0 saturated carbocycles. The Morgan fingerprint density at radius 2 is 1.76 bits per heavy atom. The van der Waals surface area contributed by atoms with Gasteiger partial charge >= 0.3 is 0 Å². The van der Waals surface area contributed by atoms with Crippen LogP contribution in [0.4, 0.5) is 0 Å². The van der Waals surface area contributed by atoms with Gasteiger partial charge in [-0.25, -0.2) is 5.43 Å². The molecule has 0 unspecified atom stereocenters. The molecule has 21 heavy (non-hydrogen) atoms. The molecule has 2 N–H and O–H groups in total. The number of phenols is 1. The number of hydrogen-bond acceptors (Lipinski definition) is 3. The highest BCUT2D eigenvalue weighted by molar-refractivity contribution is 5.99. The van der Waals surface area contributed by atoms with Crippen molar-refractivity contribution in [3.05, 3.63) is 71.8 Å². The first-order chi connectivity index (χ1) is 10.1. The number of nitrogens with one attached hydrogen (secondary N) is 1. The summed E-state index contributed by atoms with van der Waals surface area (Å²) in [6.07, 6.45) is 3.75. The zero-order valence-corrected chi connectivity index (χ0v) is 11.7. The van der Waals surface area contributed by atoms with Crippen LogP contribution in [0.15, 0.2) is 65.8 Å². The number of carbonyl (C=O) groups is 1. The Morgan fingerprint density at radius 1 is 1.10 bits per heavy atom. The third-order valence-corrected chi connectivity index (χ3v) is 2.78. The molecule has 0 saturated heterocycles. The summed E-state index contributed by atoms with van der Waals surface area (Å²) in [4.78, 5) is 11.8. The number of aromatic hydroxyl groups is 1. The van der Waals surface area contributed by atoms with E-state index >= 15 is 0 Å². The number of allylic oxidation sites excluding steroid dienone is 1. The van der Waals surface area contributed by atoms with Crippen LogP contribution < -0.4 is 5.43 Å². The standard InChI is InChI=1S/C17H16N2O2/c1-13(7-8-14-5-3-2-4-6-14)18-19-17(21)15-9-11-16(20)12-10-15/h2-12,20H,1H3,(H,19,21)/b8-7-,18-13+. The van der Waals surface area contributed by atoms with Crippen molar-refractivity contribution in [3.8, 4) is 5.75 Å². The molecule has 2 aromatic carbocycles. The first kappa shape index (κ1) is 14.5. The molecule has 0 atom stereocenters. The van der Waals surface area contributed by atoms with Crippen molar-refractivity contribution in [2.45, 2.75) is 6.92 Å². The minimum absolute atomic E-state index is 0.122. The van der Waals surface area contributed by atoms with Gasteiger partial charge < -0.3 is 5.11 Å². The molecule has 106 valence electrons. The average Bonchev–Trinajstić information content (AvgIpc) is 2.52. The number of rotatable bonds is 4. The van der Waals surface area contributed by atoms with Gasteiger partial charge in [-0.2, -0.15) is 5.10 Å². The van der Waals surface area contributed by atoms with Gasteiger partial charge in [-0.05, 0) is 42.8 Å². The lowest BCUT2D eigenvalue weighted by Crippen LogP contribution is -2.18. The van der Waals surface area contributed by atoms with Crippen LogP contribution in [0.1, 0.15) is 22.8 Å². The predicted molar refractivity (Wildman–Crippen MR) is 84.2 cm³/mol. The van der Waals surface area contributed by atoms with Crippen LogP contribution in [0, 0.1) is 0 Å². The lowest BCUT2D eigenvalue weighted by Gasteiger charge is -2.00. The van der Waals surface area contributed by atoms with Gasteiger partial charge in [-0.15, -0.1) is 0 Å². The van der Waals surface area contributed by atoms with Crippen LogP contribution in [0.5, 0.6) is 5.75 Å². The van der Waals surface area contributed by atoms with E-state index in [1.54, 1.807) is 6.92 Å². The summed E-state index contributed by atoms with van der Waals surface area (Å²) in [5.74, 6) is -0.195. The Hall–Kier alpha value is -2.88. The fraction of sp³-hybridized carbons (Fsp3) is 0.0588. The molecular weight excluding hydrogens is 264 g/mol. The van der Waals surface area contributed by atoms with Gasteiger partial charge in [0.2, 0.25) is 0 Å². The van der Waals surface area contributed by atoms with Gasteiger partial charge in [0, 0.05) is 5.56 Å². The molecule has 2 rings (SSSR count). The van der Waals surface area contributed by atoms with Gasteiger partial charge in [-0.1, -0.05) is 36.4 Å². The number of hydrazone groups is 1. The Morgan fingerprint density at radius 3 is 2.43 bits per heavy atom. The van der Waals surface area contributed by atoms with Crippen molar-refractivity contribution in [1.29, 1.82) is 0 Å². The maximum Gasteiger partial charge on any atom is 0.271 e. The second-order valence-electron chi connectivity index (χ2n) is 4.49. The molecule has 0 heterocycles. The summed E-state index contributed by atoms with van der Waals surface area (Å²) in [7, 11) is 0. The molecule has 0 aromatic heterocycles. The number of carbonyl (C=O) groups excluding carboxylic acids is 1. The van der Waals surface area contributed by atoms with E-state index in [2.05, 4.69) is 10.5 Å². The maximum atomic E-state index is 11.8. The number of phenolic OH excluding ortho intramolecular Hbond substituents is 1. The molecule has 4 nitrogen and oxygen atoms in total. The predicted octanol–water partition coefficient (Wildman–Crippen LogP) is 3.21. The topological polar surface area (TPSA) is 61.7 Å². The van der Waals surface area contributed by atoms with Gasteiger partial charge in [0.25, 0.3) is 5.91 Å². The highest BCUT2D eigenvalue weighted by Gasteiger charge is 2.03. The molecule has 0 aliphatic heterocycles. The SMILES string of the molecule is CC(/C=C\c1ccccc1)=N\NC(=O)c1ccc(O)cc1. The first-order valence-electron chi connectivity index (χ1n) is 6.52. The summed E-state index contributed by atoms with van der Waals surface area (Å²) in [5, 5.41) is 13.2. The molecule has 2 aromatic rings. The zero-order valence-electron chi connectivity index (χ0n) is 11.7. The maximum absolute atomic E-state index is 11.8. The Bertz CT molecular complexity index is 659. The third-order valence-electron chi connectivity index (χ3n) is 2.78. The Labute approximate surface area is 123 Å². The number of benzene rings is 2. The van der Waals surface area contributed by atoms with E-state index in [1.807, 2.05) is 42.5 Å². The summed E-state index contributed by atoms with van der Waals surface area (Å²) >= 11 is 0. The summed E-state index contributed by atoms with van der Waals surface area (Å²) in [5.41, 5.74) is 4.66. The van der Waals surface area contributed by atoms with E-state index in [-0.39, 0.29) is 11.7 Å². The average molecular weight is 280 g/mol. The molecule has 1 amide bonds. The van der Waals surface area contributed by atoms with Crippen LogP contribution in [0.25, 0.3) is 6.08 Å². The van der Waals surface area contributed by atoms with Crippen LogP contribution in [0.2, 0.25) is 0 Å². The monoisotopic (exact) mass is 280 g/mol. The van der Waals surface area contributed by atoms with E-state index < -0.39 is 0 Å². The number of hydrogen-bond donors (Lipinski definition) is 2. The van der Waals surface area contributed by atoms with Crippen LogP contribution >= 0.6 is 0 Å². The van der Waals surface area contributed by atoms with E-state index in [9.17, 15) is 4.79 Å². The fourth-order valence-electron chi connectivity index (χ4n) is 1.63. The number of amides is 1. The normalized spacial score (nSPS) is 11.6. The number of nitrogens with zero attached hydrogens (tertiary/aromatic N) is 1. The minimum atomic E-state index is -0.317. The lowest BCUT2D eigenvalue weighted by atomic mass is 10.2. The van der Waals surface area contributed by atoms with E-state index in [4.69, 9.17) is 5.11 Å². The zero-order chi connectivity index (χ0) is 15.1. The lowest BCUT2D eigenvalue weighted by molar-refractivity contribution is 0.0955. The molecule has 4 heteroatoms. The van der Waals surface area contributed by atoms with Crippen molar-refractivity contribution in [3.63, 3.8) is 0 Å². The Balaban J connectivity index is 1.95. The smallest absolute Gasteiger partial charge is 0.271 e. The highest BCUT2D eigenvalue weighted by Crippen LogP contribution is 2.09. The fourth-order valence-corrected chi connectivity index (χ4v) is 1.63. The third kappa shape index (κ3) is 4.62. The highest BCUT2D eigenvalue weighted by atomic mass is 16.3. The molecule has 0 aliphatic rings. The van der Waals surface area contributed by atoms with Gasteiger partial charge in [0.05, 0.1) is 5.71 Å². The van der Waals surface area contributed by atoms with E-state index in [1.165, 1.54) is 24.3 Å². The molecule has 0 radical (unpaired) electrons. The van der Waals surface area contributed by atoms with Gasteiger partial charge in [0.15, 0.2) is 0 Å². The van der Waals surface area contributed by atoms with E-state index in [0.717, 1.165) is 5.56 Å². The van der Waals surface area contributed by atoms with Crippen molar-refractivity contribution < 1.29 is 9.90 Å². The van der Waals surface area contributed by atoms with Crippen LogP contribution in [-0.4, -0.2) is 16.7 Å². The van der Waals surface area contributed by atoms with Gasteiger partial charge in [-0.3, -0.25) is 4.79 Å². The van der Waals surface area contributed by atoms with Crippen LogP contribution in [-0.2, 0) is 0 Å². The molecule has 0 spiro atoms. The summed E-state index contributed by atoms with van der Waals surface area (Å²) in [6, 6.07) is 15.8. The largest absolute Gasteiger partial charge is 0.508 e. The van der Waals surface area contributed by atoms with E-state index in [0.29, 0.717) is 11.3 Å². The van der Waals surface area contributed by atoms with Crippen molar-refractivity contribution in [2.75, 3.05) is 0 Å². The molecule has 0 fully saturated rings. The van der Waals surface area contributed by atoms with Crippen molar-refractivity contribution in [1.82, 2.24) is 5.43 Å². The summed E-state index contributed by atoms with van der Waals surface area (Å²) < 4.78 is 0. The molecule has 0 aliphatic carbocycles.